The molecule has 0 saturated heterocycles. The standard InChI is InChI=1S/C11H24N2O2/c1-5-9(2)10(3)13-11(14)8-12-6-7-15-4/h9-10,12H,5-8H2,1-4H3,(H,13,14). The van der Waals surface area contributed by atoms with E-state index >= 15 is 0 Å². The molecule has 1 amide bonds. The van der Waals surface area contributed by atoms with E-state index in [-0.39, 0.29) is 11.9 Å². The van der Waals surface area contributed by atoms with Crippen LogP contribution in [0.25, 0.3) is 0 Å². The molecular formula is C11H24N2O2. The van der Waals surface area contributed by atoms with Gasteiger partial charge in [0, 0.05) is 19.7 Å². The van der Waals surface area contributed by atoms with Crippen LogP contribution in [0, 0.1) is 5.92 Å². The summed E-state index contributed by atoms with van der Waals surface area (Å²) in [5.74, 6) is 0.576. The molecule has 2 unspecified atom stereocenters. The maximum absolute atomic E-state index is 11.4. The van der Waals surface area contributed by atoms with Crippen LogP contribution < -0.4 is 10.6 Å². The van der Waals surface area contributed by atoms with Gasteiger partial charge in [0.05, 0.1) is 13.2 Å². The quantitative estimate of drug-likeness (QED) is 0.589. The number of carbonyl (C=O) groups excluding carboxylic acids is 1. The lowest BCUT2D eigenvalue weighted by Gasteiger charge is -2.19. The van der Waals surface area contributed by atoms with Crippen molar-refractivity contribution in [1.29, 1.82) is 0 Å². The fourth-order valence-corrected chi connectivity index (χ4v) is 1.18. The van der Waals surface area contributed by atoms with E-state index in [1.54, 1.807) is 7.11 Å². The fraction of sp³-hybridized carbons (Fsp3) is 0.909. The molecule has 0 spiro atoms. The van der Waals surface area contributed by atoms with Crippen LogP contribution in [-0.2, 0) is 9.53 Å². The van der Waals surface area contributed by atoms with Crippen LogP contribution >= 0.6 is 0 Å². The molecule has 0 bridgehead atoms. The first kappa shape index (κ1) is 14.4. The van der Waals surface area contributed by atoms with Gasteiger partial charge in [-0.1, -0.05) is 20.3 Å². The number of rotatable bonds is 8. The van der Waals surface area contributed by atoms with Gasteiger partial charge in [0.2, 0.25) is 5.91 Å². The zero-order valence-electron chi connectivity index (χ0n) is 10.3. The van der Waals surface area contributed by atoms with E-state index in [1.807, 2.05) is 6.92 Å². The van der Waals surface area contributed by atoms with Gasteiger partial charge in [0.15, 0.2) is 0 Å². The molecule has 0 aliphatic carbocycles. The summed E-state index contributed by atoms with van der Waals surface area (Å²) < 4.78 is 4.87. The van der Waals surface area contributed by atoms with Crippen molar-refractivity contribution in [3.63, 3.8) is 0 Å². The van der Waals surface area contributed by atoms with E-state index in [2.05, 4.69) is 24.5 Å². The number of methoxy groups -OCH3 is 1. The van der Waals surface area contributed by atoms with Crippen LogP contribution in [0.4, 0.5) is 0 Å². The highest BCUT2D eigenvalue weighted by molar-refractivity contribution is 5.78. The SMILES string of the molecule is CCC(C)C(C)NC(=O)CNCCOC. The Labute approximate surface area is 92.8 Å². The van der Waals surface area contributed by atoms with E-state index in [0.717, 1.165) is 6.42 Å². The van der Waals surface area contributed by atoms with Gasteiger partial charge in [-0.2, -0.15) is 0 Å². The number of carbonyl (C=O) groups is 1. The van der Waals surface area contributed by atoms with Crippen molar-refractivity contribution in [2.24, 2.45) is 5.92 Å². The molecule has 15 heavy (non-hydrogen) atoms. The van der Waals surface area contributed by atoms with E-state index in [1.165, 1.54) is 0 Å². The molecule has 2 N–H and O–H groups in total. The third-order valence-electron chi connectivity index (χ3n) is 2.65. The Morgan fingerprint density at radius 3 is 2.60 bits per heavy atom. The molecule has 4 heteroatoms. The van der Waals surface area contributed by atoms with Gasteiger partial charge in [-0.15, -0.1) is 0 Å². The number of hydrogen-bond donors (Lipinski definition) is 2. The van der Waals surface area contributed by atoms with Gasteiger partial charge >= 0.3 is 0 Å². The topological polar surface area (TPSA) is 50.4 Å². The summed E-state index contributed by atoms with van der Waals surface area (Å²) >= 11 is 0. The summed E-state index contributed by atoms with van der Waals surface area (Å²) in [4.78, 5) is 11.4. The molecule has 0 aliphatic rings. The minimum Gasteiger partial charge on any atom is -0.383 e. The van der Waals surface area contributed by atoms with Crippen molar-refractivity contribution >= 4 is 5.91 Å². The Hall–Kier alpha value is -0.610. The Morgan fingerprint density at radius 2 is 2.07 bits per heavy atom. The van der Waals surface area contributed by atoms with Crippen molar-refractivity contribution in [3.05, 3.63) is 0 Å². The van der Waals surface area contributed by atoms with Crippen LogP contribution in [0.15, 0.2) is 0 Å². The smallest absolute Gasteiger partial charge is 0.234 e. The first-order valence-electron chi connectivity index (χ1n) is 5.60. The normalized spacial score (nSPS) is 14.7. The number of hydrogen-bond acceptors (Lipinski definition) is 3. The maximum Gasteiger partial charge on any atom is 0.234 e. The van der Waals surface area contributed by atoms with Gasteiger partial charge in [-0.05, 0) is 12.8 Å². The molecule has 2 atom stereocenters. The van der Waals surface area contributed by atoms with Gasteiger partial charge in [-0.3, -0.25) is 4.79 Å². The summed E-state index contributed by atoms with van der Waals surface area (Å²) in [5.41, 5.74) is 0. The fourth-order valence-electron chi connectivity index (χ4n) is 1.18. The highest BCUT2D eigenvalue weighted by atomic mass is 16.5. The average Bonchev–Trinajstić information content (AvgIpc) is 2.23. The van der Waals surface area contributed by atoms with Crippen LogP contribution in [-0.4, -0.2) is 38.8 Å². The lowest BCUT2D eigenvalue weighted by molar-refractivity contribution is -0.121. The van der Waals surface area contributed by atoms with Crippen LogP contribution in [0.1, 0.15) is 27.2 Å². The van der Waals surface area contributed by atoms with E-state index in [9.17, 15) is 4.79 Å². The second kappa shape index (κ2) is 8.68. The zero-order valence-corrected chi connectivity index (χ0v) is 10.3. The molecule has 0 aromatic carbocycles. The first-order chi connectivity index (χ1) is 7.11. The lowest BCUT2D eigenvalue weighted by atomic mass is 10.0. The molecule has 0 saturated carbocycles. The van der Waals surface area contributed by atoms with E-state index in [4.69, 9.17) is 4.74 Å². The van der Waals surface area contributed by atoms with Crippen molar-refractivity contribution in [2.45, 2.75) is 33.2 Å². The molecule has 0 heterocycles. The number of amides is 1. The third kappa shape index (κ3) is 7.33. The molecule has 0 aliphatic heterocycles. The number of ether oxygens (including phenoxy) is 1. The second-order valence-corrected chi connectivity index (χ2v) is 3.91. The van der Waals surface area contributed by atoms with Gasteiger partial charge in [0.1, 0.15) is 0 Å². The molecule has 0 fully saturated rings. The van der Waals surface area contributed by atoms with Gasteiger partial charge < -0.3 is 15.4 Å². The van der Waals surface area contributed by atoms with E-state index < -0.39 is 0 Å². The molecule has 90 valence electrons. The Kier molecular flexibility index (Phi) is 8.33. The molecular weight excluding hydrogens is 192 g/mol. The summed E-state index contributed by atoms with van der Waals surface area (Å²) in [7, 11) is 1.65. The highest BCUT2D eigenvalue weighted by Gasteiger charge is 2.12. The molecule has 0 aromatic heterocycles. The number of nitrogens with one attached hydrogen (secondary N) is 2. The largest absolute Gasteiger partial charge is 0.383 e. The maximum atomic E-state index is 11.4. The predicted octanol–water partition coefficient (Wildman–Crippen LogP) is 0.773. The summed E-state index contributed by atoms with van der Waals surface area (Å²) in [6, 6.07) is 0.242. The van der Waals surface area contributed by atoms with Crippen molar-refractivity contribution in [1.82, 2.24) is 10.6 Å². The third-order valence-corrected chi connectivity index (χ3v) is 2.65. The van der Waals surface area contributed by atoms with Crippen molar-refractivity contribution in [2.75, 3.05) is 26.8 Å². The van der Waals surface area contributed by atoms with Crippen LogP contribution in [0.3, 0.4) is 0 Å². The summed E-state index contributed by atoms with van der Waals surface area (Å²) in [5, 5.41) is 5.98. The molecule has 0 aromatic rings. The minimum absolute atomic E-state index is 0.0545. The second-order valence-electron chi connectivity index (χ2n) is 3.91. The van der Waals surface area contributed by atoms with Crippen molar-refractivity contribution in [3.8, 4) is 0 Å². The minimum atomic E-state index is 0.0545. The highest BCUT2D eigenvalue weighted by Crippen LogP contribution is 2.05. The Balaban J connectivity index is 3.55. The van der Waals surface area contributed by atoms with E-state index in [0.29, 0.717) is 25.6 Å². The first-order valence-corrected chi connectivity index (χ1v) is 5.60. The zero-order chi connectivity index (χ0) is 11.7. The monoisotopic (exact) mass is 216 g/mol. The predicted molar refractivity (Wildman–Crippen MR) is 61.8 cm³/mol. The van der Waals surface area contributed by atoms with Gasteiger partial charge in [-0.25, -0.2) is 0 Å². The van der Waals surface area contributed by atoms with Crippen LogP contribution in [0.5, 0.6) is 0 Å². The molecule has 0 rings (SSSR count). The Bertz CT molecular complexity index is 174. The Morgan fingerprint density at radius 1 is 1.40 bits per heavy atom. The lowest BCUT2D eigenvalue weighted by Crippen LogP contribution is -2.42. The molecule has 4 nitrogen and oxygen atoms in total. The molecule has 0 radical (unpaired) electrons. The van der Waals surface area contributed by atoms with Crippen LogP contribution in [0.2, 0.25) is 0 Å². The van der Waals surface area contributed by atoms with Gasteiger partial charge in [0.25, 0.3) is 0 Å². The average molecular weight is 216 g/mol. The summed E-state index contributed by atoms with van der Waals surface area (Å²) in [6.07, 6.45) is 1.08. The van der Waals surface area contributed by atoms with Crippen molar-refractivity contribution < 1.29 is 9.53 Å². The summed E-state index contributed by atoms with van der Waals surface area (Å²) in [6.45, 7) is 8.02.